The molecule has 0 bridgehead atoms. The molecule has 1 aliphatic heterocycles. The van der Waals surface area contributed by atoms with Crippen LogP contribution in [0.15, 0.2) is 56.8 Å². The third-order valence-corrected chi connectivity index (χ3v) is 4.87. The molecule has 4 heterocycles. The minimum absolute atomic E-state index is 0.0634. The lowest BCUT2D eigenvalue weighted by atomic mass is 10.3. The normalized spacial score (nSPS) is 14.6. The second-order valence-corrected chi connectivity index (χ2v) is 6.62. The van der Waals surface area contributed by atoms with Crippen LogP contribution in [0.4, 0.5) is 5.82 Å². The van der Waals surface area contributed by atoms with Crippen molar-refractivity contribution < 1.29 is 13.6 Å². The molecule has 0 aliphatic carbocycles. The zero-order chi connectivity index (χ0) is 17.8. The summed E-state index contributed by atoms with van der Waals surface area (Å²) < 4.78 is 10.7. The molecule has 0 saturated carbocycles. The van der Waals surface area contributed by atoms with Gasteiger partial charge >= 0.3 is 0 Å². The van der Waals surface area contributed by atoms with E-state index in [1.807, 2.05) is 23.1 Å². The second-order valence-electron chi connectivity index (χ2n) is 5.69. The van der Waals surface area contributed by atoms with E-state index in [9.17, 15) is 4.79 Å². The summed E-state index contributed by atoms with van der Waals surface area (Å²) >= 11 is 1.24. The minimum Gasteiger partial charge on any atom is -0.459 e. The molecule has 8 nitrogen and oxygen atoms in total. The first-order valence-corrected chi connectivity index (χ1v) is 9.22. The van der Waals surface area contributed by atoms with E-state index in [1.54, 1.807) is 24.6 Å². The Kier molecular flexibility index (Phi) is 4.87. The molecule has 0 unspecified atom stereocenters. The molecule has 1 amide bonds. The molecule has 0 N–H and O–H groups in total. The maximum absolute atomic E-state index is 12.4. The third kappa shape index (κ3) is 3.72. The lowest BCUT2D eigenvalue weighted by Gasteiger charge is -2.35. The molecule has 26 heavy (non-hydrogen) atoms. The number of piperazine rings is 1. The number of nitrogens with zero attached hydrogens (tertiary/aromatic N) is 5. The van der Waals surface area contributed by atoms with Crippen LogP contribution in [0.1, 0.15) is 0 Å². The van der Waals surface area contributed by atoms with Gasteiger partial charge in [0.25, 0.3) is 11.1 Å². The van der Waals surface area contributed by atoms with E-state index in [1.165, 1.54) is 11.8 Å². The van der Waals surface area contributed by atoms with Gasteiger partial charge in [0.05, 0.1) is 12.0 Å². The summed E-state index contributed by atoms with van der Waals surface area (Å²) in [6.07, 6.45) is 3.32. The van der Waals surface area contributed by atoms with Gasteiger partial charge in [-0.2, -0.15) is 0 Å². The van der Waals surface area contributed by atoms with Crippen molar-refractivity contribution in [1.29, 1.82) is 0 Å². The largest absolute Gasteiger partial charge is 0.459 e. The maximum atomic E-state index is 12.4. The third-order valence-electron chi connectivity index (χ3n) is 4.06. The highest BCUT2D eigenvalue weighted by Gasteiger charge is 2.22. The topological polar surface area (TPSA) is 88.5 Å². The van der Waals surface area contributed by atoms with E-state index in [-0.39, 0.29) is 11.7 Å². The van der Waals surface area contributed by atoms with Crippen molar-refractivity contribution >= 4 is 23.5 Å². The summed E-state index contributed by atoms with van der Waals surface area (Å²) in [5.74, 6) is 2.11. The molecule has 0 spiro atoms. The van der Waals surface area contributed by atoms with E-state index in [2.05, 4.69) is 20.1 Å². The predicted molar refractivity (Wildman–Crippen MR) is 95.8 cm³/mol. The molecule has 1 fully saturated rings. The van der Waals surface area contributed by atoms with Crippen molar-refractivity contribution in [3.8, 4) is 11.7 Å². The number of carbonyl (C=O) groups excluding carboxylic acids is 1. The monoisotopic (exact) mass is 371 g/mol. The second kappa shape index (κ2) is 7.61. The summed E-state index contributed by atoms with van der Waals surface area (Å²) in [6, 6.07) is 9.35. The Morgan fingerprint density at radius 3 is 2.73 bits per heavy atom. The summed E-state index contributed by atoms with van der Waals surface area (Å²) in [5.41, 5.74) is 0. The van der Waals surface area contributed by atoms with Crippen molar-refractivity contribution in [2.24, 2.45) is 0 Å². The SMILES string of the molecule is O=C(CSc1nnc(-c2ccco2)o1)N1CCN(c2ccccn2)CC1. The van der Waals surface area contributed by atoms with E-state index < -0.39 is 0 Å². The smallest absolute Gasteiger partial charge is 0.284 e. The first kappa shape index (κ1) is 16.6. The number of pyridine rings is 1. The van der Waals surface area contributed by atoms with Crippen molar-refractivity contribution in [1.82, 2.24) is 20.1 Å². The molecule has 134 valence electrons. The average Bonchev–Trinajstić information content (AvgIpc) is 3.38. The zero-order valence-electron chi connectivity index (χ0n) is 13.9. The van der Waals surface area contributed by atoms with E-state index in [0.717, 1.165) is 18.9 Å². The van der Waals surface area contributed by atoms with Crippen LogP contribution in [0.2, 0.25) is 0 Å². The van der Waals surface area contributed by atoms with Crippen LogP contribution < -0.4 is 4.90 Å². The highest BCUT2D eigenvalue weighted by Crippen LogP contribution is 2.23. The summed E-state index contributed by atoms with van der Waals surface area (Å²) in [7, 11) is 0. The number of hydrogen-bond donors (Lipinski definition) is 0. The predicted octanol–water partition coefficient (Wildman–Crippen LogP) is 2.17. The fraction of sp³-hybridized carbons (Fsp3) is 0.294. The van der Waals surface area contributed by atoms with Crippen molar-refractivity contribution in [2.45, 2.75) is 5.22 Å². The maximum Gasteiger partial charge on any atom is 0.284 e. The first-order valence-electron chi connectivity index (χ1n) is 8.23. The Hall–Kier alpha value is -2.81. The van der Waals surface area contributed by atoms with Crippen LogP contribution in [0.25, 0.3) is 11.7 Å². The quantitative estimate of drug-likeness (QED) is 0.631. The van der Waals surface area contributed by atoms with Crippen LogP contribution in [0, 0.1) is 0 Å². The number of furan rings is 1. The van der Waals surface area contributed by atoms with Gasteiger partial charge in [0.1, 0.15) is 5.82 Å². The highest BCUT2D eigenvalue weighted by atomic mass is 32.2. The van der Waals surface area contributed by atoms with Gasteiger partial charge in [0.2, 0.25) is 5.91 Å². The van der Waals surface area contributed by atoms with Gasteiger partial charge in [-0.15, -0.1) is 10.2 Å². The van der Waals surface area contributed by atoms with Crippen LogP contribution in [0.3, 0.4) is 0 Å². The number of hydrogen-bond acceptors (Lipinski definition) is 8. The molecule has 0 radical (unpaired) electrons. The molecule has 9 heteroatoms. The average molecular weight is 371 g/mol. The fourth-order valence-corrected chi connectivity index (χ4v) is 3.37. The molecule has 1 aliphatic rings. The number of amides is 1. The number of anilines is 1. The number of carbonyl (C=O) groups is 1. The summed E-state index contributed by atoms with van der Waals surface area (Å²) in [6.45, 7) is 2.90. The highest BCUT2D eigenvalue weighted by molar-refractivity contribution is 7.99. The van der Waals surface area contributed by atoms with Crippen LogP contribution in [0.5, 0.6) is 0 Å². The lowest BCUT2D eigenvalue weighted by molar-refractivity contribution is -0.128. The molecule has 1 saturated heterocycles. The number of aromatic nitrogens is 3. The van der Waals surface area contributed by atoms with Gasteiger partial charge in [-0.05, 0) is 24.3 Å². The van der Waals surface area contributed by atoms with Gasteiger partial charge in [0, 0.05) is 32.4 Å². The molecule has 3 aromatic rings. The van der Waals surface area contributed by atoms with Gasteiger partial charge in [-0.3, -0.25) is 4.79 Å². The van der Waals surface area contributed by atoms with Crippen molar-refractivity contribution in [2.75, 3.05) is 36.8 Å². The molecule has 0 atom stereocenters. The van der Waals surface area contributed by atoms with Crippen molar-refractivity contribution in [3.05, 3.63) is 42.8 Å². The van der Waals surface area contributed by atoms with Gasteiger partial charge in [-0.1, -0.05) is 17.8 Å². The fourth-order valence-electron chi connectivity index (χ4n) is 2.71. The van der Waals surface area contributed by atoms with E-state index in [4.69, 9.17) is 8.83 Å². The van der Waals surface area contributed by atoms with Gasteiger partial charge in [-0.25, -0.2) is 4.98 Å². The molecular weight excluding hydrogens is 354 g/mol. The Balaban J connectivity index is 1.27. The van der Waals surface area contributed by atoms with Crippen molar-refractivity contribution in [3.63, 3.8) is 0 Å². The molecule has 0 aromatic carbocycles. The van der Waals surface area contributed by atoms with Crippen LogP contribution >= 0.6 is 11.8 Å². The van der Waals surface area contributed by atoms with Gasteiger partial charge < -0.3 is 18.6 Å². The Bertz CT molecular complexity index is 844. The first-order chi connectivity index (χ1) is 12.8. The molecule has 4 rings (SSSR count). The lowest BCUT2D eigenvalue weighted by Crippen LogP contribution is -2.49. The zero-order valence-corrected chi connectivity index (χ0v) is 14.8. The minimum atomic E-state index is 0.0634. The van der Waals surface area contributed by atoms with Crippen LogP contribution in [-0.2, 0) is 4.79 Å². The van der Waals surface area contributed by atoms with E-state index >= 15 is 0 Å². The summed E-state index contributed by atoms with van der Waals surface area (Å²) in [5, 5.41) is 8.22. The number of thioether (sulfide) groups is 1. The molecular formula is C17H17N5O3S. The van der Waals surface area contributed by atoms with E-state index in [0.29, 0.717) is 30.0 Å². The van der Waals surface area contributed by atoms with Gasteiger partial charge in [0.15, 0.2) is 5.76 Å². The van der Waals surface area contributed by atoms with Crippen LogP contribution in [-0.4, -0.2) is 57.9 Å². The number of rotatable bonds is 5. The molecule has 3 aromatic heterocycles. The Labute approximate surface area is 154 Å². The Morgan fingerprint density at radius 1 is 1.12 bits per heavy atom. The summed E-state index contributed by atoms with van der Waals surface area (Å²) in [4.78, 5) is 20.8. The Morgan fingerprint density at radius 2 is 2.00 bits per heavy atom. The standard InChI is InChI=1S/C17H17N5O3S/c23-15(12-26-17-20-19-16(25-17)13-4-3-11-24-13)22-9-7-21(8-10-22)14-5-1-2-6-18-14/h1-6,11H,7-10,12H2.